The Morgan fingerprint density at radius 2 is 1.80 bits per heavy atom. The first kappa shape index (κ1) is 24.6. The predicted octanol–water partition coefficient (Wildman–Crippen LogP) is 4.09. The highest BCUT2D eigenvalue weighted by molar-refractivity contribution is 14.0. The number of nitrogens with one attached hydrogen (secondary N) is 2. The minimum Gasteiger partial charge on any atom is -0.356 e. The molecule has 2 N–H and O–H groups in total. The van der Waals surface area contributed by atoms with Crippen LogP contribution in [0.2, 0.25) is 0 Å². The molecule has 0 unspecified atom stereocenters. The van der Waals surface area contributed by atoms with Gasteiger partial charge in [0.05, 0.1) is 0 Å². The second kappa shape index (κ2) is 12.9. The molecule has 30 heavy (non-hydrogen) atoms. The van der Waals surface area contributed by atoms with Crippen LogP contribution in [0.1, 0.15) is 68.2 Å². The number of fused-ring (bicyclic) bond motifs is 1. The molecule has 1 aromatic heterocycles. The molecule has 0 saturated heterocycles. The van der Waals surface area contributed by atoms with Crippen LogP contribution >= 0.6 is 24.0 Å². The van der Waals surface area contributed by atoms with Crippen LogP contribution in [0.5, 0.6) is 0 Å². The normalized spacial score (nSPS) is 14.1. The van der Waals surface area contributed by atoms with Crippen LogP contribution in [-0.4, -0.2) is 40.9 Å². The molecule has 2 heterocycles. The quantitative estimate of drug-likeness (QED) is 0.236. The van der Waals surface area contributed by atoms with Crippen molar-refractivity contribution in [3.05, 3.63) is 47.0 Å². The summed E-state index contributed by atoms with van der Waals surface area (Å²) in [6, 6.07) is 9.01. The Balaban J connectivity index is 0.00000320. The van der Waals surface area contributed by atoms with E-state index >= 15 is 0 Å². The molecule has 0 amide bonds. The highest BCUT2D eigenvalue weighted by atomic mass is 127. The molecule has 1 aromatic carbocycles. The van der Waals surface area contributed by atoms with Crippen molar-refractivity contribution in [1.82, 2.24) is 25.4 Å². The van der Waals surface area contributed by atoms with Crippen LogP contribution in [0.4, 0.5) is 0 Å². The van der Waals surface area contributed by atoms with Gasteiger partial charge in [0.1, 0.15) is 11.6 Å². The third-order valence-electron chi connectivity index (χ3n) is 5.63. The zero-order chi connectivity index (χ0) is 20.5. The van der Waals surface area contributed by atoms with Crippen molar-refractivity contribution in [3.8, 4) is 0 Å². The first-order valence-electron chi connectivity index (χ1n) is 11.1. The van der Waals surface area contributed by atoms with Crippen molar-refractivity contribution in [3.63, 3.8) is 0 Å². The Morgan fingerprint density at radius 1 is 1.03 bits per heavy atom. The van der Waals surface area contributed by atoms with Crippen molar-refractivity contribution in [1.29, 1.82) is 0 Å². The highest BCUT2D eigenvalue weighted by Gasteiger charge is 2.14. The number of aliphatic imine (C=N–C) groups is 1. The molecule has 0 atom stereocenters. The van der Waals surface area contributed by atoms with E-state index in [-0.39, 0.29) is 24.0 Å². The Bertz CT molecular complexity index is 781. The number of aryl methyl sites for hydroxylation is 2. The Morgan fingerprint density at radius 3 is 2.53 bits per heavy atom. The first-order valence-corrected chi connectivity index (χ1v) is 11.1. The third kappa shape index (κ3) is 7.25. The van der Waals surface area contributed by atoms with Crippen LogP contribution in [0.25, 0.3) is 0 Å². The molecule has 1 aliphatic heterocycles. The lowest BCUT2D eigenvalue weighted by atomic mass is 10.0. The summed E-state index contributed by atoms with van der Waals surface area (Å²) in [4.78, 5) is 4.34. The number of aromatic nitrogens is 3. The van der Waals surface area contributed by atoms with Gasteiger partial charge in [-0.1, -0.05) is 44.5 Å². The topological polar surface area (TPSA) is 67.1 Å². The SMILES string of the molecule is CN=C(NCCCc1ccc(C(C)C)cc1)NCCc1nnc2n1CCCCC2.I. The van der Waals surface area contributed by atoms with E-state index in [1.807, 2.05) is 7.05 Å². The number of hydrogen-bond donors (Lipinski definition) is 2. The maximum absolute atomic E-state index is 4.40. The van der Waals surface area contributed by atoms with Gasteiger partial charge < -0.3 is 15.2 Å². The average Bonchev–Trinajstić information content (AvgIpc) is 2.96. The standard InChI is InChI=1S/C23H36N6.HI/c1-18(2)20-12-10-19(11-13-20)8-7-15-25-23(24-3)26-16-14-22-28-27-21-9-5-4-6-17-29(21)22;/h10-13,18H,4-9,14-17H2,1-3H3,(H2,24,25,26);1H. The lowest BCUT2D eigenvalue weighted by molar-refractivity contribution is 0.600. The summed E-state index contributed by atoms with van der Waals surface area (Å²) in [6.45, 7) is 7.25. The fourth-order valence-electron chi connectivity index (χ4n) is 3.81. The van der Waals surface area contributed by atoms with Crippen molar-refractivity contribution in [2.45, 2.75) is 71.3 Å². The molecular weight excluding hydrogens is 487 g/mol. The largest absolute Gasteiger partial charge is 0.356 e. The second-order valence-electron chi connectivity index (χ2n) is 8.17. The molecule has 166 valence electrons. The summed E-state index contributed by atoms with van der Waals surface area (Å²) in [5.74, 6) is 3.69. The lowest BCUT2D eigenvalue weighted by Gasteiger charge is -2.12. The van der Waals surface area contributed by atoms with Crippen LogP contribution in [-0.2, 0) is 25.8 Å². The van der Waals surface area contributed by atoms with Crippen LogP contribution < -0.4 is 10.6 Å². The molecule has 3 rings (SSSR count). The summed E-state index contributed by atoms with van der Waals surface area (Å²) in [5, 5.41) is 15.6. The molecule has 0 saturated carbocycles. The number of rotatable bonds is 8. The van der Waals surface area contributed by atoms with Gasteiger partial charge in [0.15, 0.2) is 5.96 Å². The van der Waals surface area contributed by atoms with Crippen molar-refractivity contribution in [2.75, 3.05) is 20.1 Å². The van der Waals surface area contributed by atoms with Crippen LogP contribution in [0.15, 0.2) is 29.3 Å². The third-order valence-corrected chi connectivity index (χ3v) is 5.63. The van der Waals surface area contributed by atoms with Crippen LogP contribution in [0.3, 0.4) is 0 Å². The zero-order valence-corrected chi connectivity index (χ0v) is 21.0. The fourth-order valence-corrected chi connectivity index (χ4v) is 3.81. The van der Waals surface area contributed by atoms with Gasteiger partial charge in [-0.15, -0.1) is 34.2 Å². The molecule has 6 nitrogen and oxygen atoms in total. The minimum atomic E-state index is 0. The maximum Gasteiger partial charge on any atom is 0.190 e. The van der Waals surface area contributed by atoms with Crippen molar-refractivity contribution < 1.29 is 0 Å². The van der Waals surface area contributed by atoms with E-state index in [0.29, 0.717) is 5.92 Å². The smallest absolute Gasteiger partial charge is 0.190 e. The summed E-state index contributed by atoms with van der Waals surface area (Å²) in [7, 11) is 1.82. The van der Waals surface area contributed by atoms with Gasteiger partial charge in [-0.3, -0.25) is 4.99 Å². The molecule has 0 radical (unpaired) electrons. The van der Waals surface area contributed by atoms with Gasteiger partial charge in [0.2, 0.25) is 0 Å². The van der Waals surface area contributed by atoms with Gasteiger partial charge in [-0.05, 0) is 42.7 Å². The second-order valence-corrected chi connectivity index (χ2v) is 8.17. The van der Waals surface area contributed by atoms with E-state index in [0.717, 1.165) is 62.9 Å². The molecule has 7 heteroatoms. The predicted molar refractivity (Wildman–Crippen MR) is 135 cm³/mol. The Hall–Kier alpha value is -1.64. The summed E-state index contributed by atoms with van der Waals surface area (Å²) in [5.41, 5.74) is 2.80. The van der Waals surface area contributed by atoms with E-state index in [1.54, 1.807) is 0 Å². The molecule has 0 fully saturated rings. The summed E-state index contributed by atoms with van der Waals surface area (Å²) >= 11 is 0. The first-order chi connectivity index (χ1) is 14.2. The van der Waals surface area contributed by atoms with E-state index in [1.165, 1.54) is 30.4 Å². The van der Waals surface area contributed by atoms with E-state index in [9.17, 15) is 0 Å². The van der Waals surface area contributed by atoms with Crippen molar-refractivity contribution in [2.24, 2.45) is 4.99 Å². The molecular formula is C23H37IN6. The number of hydrogen-bond acceptors (Lipinski definition) is 3. The van der Waals surface area contributed by atoms with E-state index in [2.05, 4.69) is 68.5 Å². The summed E-state index contributed by atoms with van der Waals surface area (Å²) < 4.78 is 2.31. The lowest BCUT2D eigenvalue weighted by Crippen LogP contribution is -2.39. The molecule has 0 aliphatic carbocycles. The van der Waals surface area contributed by atoms with E-state index in [4.69, 9.17) is 0 Å². The average molecular weight is 524 g/mol. The molecule has 1 aliphatic rings. The molecule has 0 spiro atoms. The van der Waals surface area contributed by atoms with Gasteiger partial charge >= 0.3 is 0 Å². The minimum absolute atomic E-state index is 0. The fraction of sp³-hybridized carbons (Fsp3) is 0.609. The molecule has 0 bridgehead atoms. The van der Waals surface area contributed by atoms with Gasteiger partial charge in [-0.25, -0.2) is 0 Å². The van der Waals surface area contributed by atoms with Gasteiger partial charge in [0.25, 0.3) is 0 Å². The monoisotopic (exact) mass is 524 g/mol. The van der Waals surface area contributed by atoms with Crippen LogP contribution in [0, 0.1) is 0 Å². The molecule has 2 aromatic rings. The Kier molecular flexibility index (Phi) is 10.6. The maximum atomic E-state index is 4.40. The summed E-state index contributed by atoms with van der Waals surface area (Å²) in [6.07, 6.45) is 7.84. The number of halogens is 1. The number of benzene rings is 1. The van der Waals surface area contributed by atoms with Gasteiger partial charge in [0, 0.05) is 39.5 Å². The van der Waals surface area contributed by atoms with Gasteiger partial charge in [-0.2, -0.15) is 0 Å². The zero-order valence-electron chi connectivity index (χ0n) is 18.7. The Labute approximate surface area is 198 Å². The van der Waals surface area contributed by atoms with Crippen molar-refractivity contribution >= 4 is 29.9 Å². The number of guanidine groups is 1. The number of nitrogens with zero attached hydrogens (tertiary/aromatic N) is 4. The van der Waals surface area contributed by atoms with E-state index < -0.39 is 0 Å². The highest BCUT2D eigenvalue weighted by Crippen LogP contribution is 2.16.